The van der Waals surface area contributed by atoms with E-state index in [0.29, 0.717) is 33.2 Å². The van der Waals surface area contributed by atoms with Crippen LogP contribution in [0, 0.1) is 6.92 Å². The molecule has 170 valence electrons. The number of aromatic amines is 1. The number of aromatic nitrogens is 2. The molecule has 1 aliphatic heterocycles. The van der Waals surface area contributed by atoms with E-state index in [1.54, 1.807) is 73.7 Å². The predicted molar refractivity (Wildman–Crippen MR) is 132 cm³/mol. The number of hydrogen-bond acceptors (Lipinski definition) is 3. The number of nitrogens with one attached hydrogen (secondary N) is 1. The highest BCUT2D eigenvalue weighted by Gasteiger charge is 2.31. The standard InChI is InChI=1S/C25H24ClN3O3S/c1-4-5-6-22-18(3)28(33(31,32)21-13-7-17(2)8-14-21)16-15-23-24(22)27-29(25(23)30)20-11-9-19(26)10-12-20/h4-14,27H,1,15-16H2,2-3H3/b6-5-. The molecule has 0 spiro atoms. The van der Waals surface area contributed by atoms with Crippen molar-refractivity contribution < 1.29 is 8.42 Å². The van der Waals surface area contributed by atoms with E-state index in [0.717, 1.165) is 5.56 Å². The highest BCUT2D eigenvalue weighted by molar-refractivity contribution is 7.89. The molecule has 0 saturated carbocycles. The Morgan fingerprint density at radius 3 is 2.36 bits per heavy atom. The van der Waals surface area contributed by atoms with Gasteiger partial charge in [0, 0.05) is 28.4 Å². The number of nitrogens with zero attached hydrogens (tertiary/aromatic N) is 2. The molecule has 2 aromatic carbocycles. The molecule has 8 heteroatoms. The van der Waals surface area contributed by atoms with Crippen molar-refractivity contribution in [3.63, 3.8) is 0 Å². The average Bonchev–Trinajstić information content (AvgIpc) is 3.03. The van der Waals surface area contributed by atoms with Gasteiger partial charge < -0.3 is 0 Å². The predicted octanol–water partition coefficient (Wildman–Crippen LogP) is 4.85. The fourth-order valence-corrected chi connectivity index (χ4v) is 5.55. The van der Waals surface area contributed by atoms with Crippen LogP contribution in [0.25, 0.3) is 11.3 Å². The number of allylic oxidation sites excluding steroid dienone is 5. The Hall–Kier alpha value is -3.29. The van der Waals surface area contributed by atoms with Crippen molar-refractivity contribution in [1.82, 2.24) is 14.1 Å². The van der Waals surface area contributed by atoms with Gasteiger partial charge in [-0.2, -0.15) is 0 Å². The zero-order valence-corrected chi connectivity index (χ0v) is 19.9. The molecule has 0 bridgehead atoms. The summed E-state index contributed by atoms with van der Waals surface area (Å²) in [5, 5.41) is 3.75. The summed E-state index contributed by atoms with van der Waals surface area (Å²) in [6, 6.07) is 13.7. The summed E-state index contributed by atoms with van der Waals surface area (Å²) in [6.07, 6.45) is 5.37. The maximum Gasteiger partial charge on any atom is 0.275 e. The minimum absolute atomic E-state index is 0.147. The molecule has 6 nitrogen and oxygen atoms in total. The van der Waals surface area contributed by atoms with Crippen LogP contribution < -0.4 is 5.56 Å². The van der Waals surface area contributed by atoms with Crippen molar-refractivity contribution in [2.75, 3.05) is 6.54 Å². The second kappa shape index (κ2) is 8.92. The molecule has 0 fully saturated rings. The number of rotatable bonds is 5. The summed E-state index contributed by atoms with van der Waals surface area (Å²) in [7, 11) is -3.81. The van der Waals surface area contributed by atoms with Crippen LogP contribution in [0.4, 0.5) is 0 Å². The van der Waals surface area contributed by atoms with Gasteiger partial charge in [0.1, 0.15) is 0 Å². The molecule has 0 atom stereocenters. The maximum absolute atomic E-state index is 13.5. The minimum Gasteiger partial charge on any atom is -0.290 e. The topological polar surface area (TPSA) is 75.2 Å². The van der Waals surface area contributed by atoms with Gasteiger partial charge in [-0.25, -0.2) is 13.1 Å². The lowest BCUT2D eigenvalue weighted by Gasteiger charge is -2.25. The number of sulfonamides is 1. The molecule has 1 aromatic heterocycles. The van der Waals surface area contributed by atoms with Gasteiger partial charge in [0.15, 0.2) is 0 Å². The lowest BCUT2D eigenvalue weighted by molar-refractivity contribution is 0.481. The highest BCUT2D eigenvalue weighted by Crippen LogP contribution is 2.31. The lowest BCUT2D eigenvalue weighted by Crippen LogP contribution is -2.32. The fourth-order valence-electron chi connectivity index (χ4n) is 3.90. The molecule has 0 unspecified atom stereocenters. The summed E-state index contributed by atoms with van der Waals surface area (Å²) >= 11 is 5.99. The van der Waals surface area contributed by atoms with Crippen molar-refractivity contribution in [2.24, 2.45) is 0 Å². The molecule has 3 aromatic rings. The first-order valence-electron chi connectivity index (χ1n) is 10.4. The maximum atomic E-state index is 13.5. The van der Waals surface area contributed by atoms with Crippen molar-refractivity contribution in [1.29, 1.82) is 0 Å². The van der Waals surface area contributed by atoms with Gasteiger partial charge in [-0.15, -0.1) is 0 Å². The Kier molecular flexibility index (Phi) is 6.19. The van der Waals surface area contributed by atoms with Crippen LogP contribution in [0.5, 0.6) is 0 Å². The third kappa shape index (κ3) is 4.21. The van der Waals surface area contributed by atoms with Gasteiger partial charge in [0.05, 0.1) is 16.3 Å². The zero-order valence-electron chi connectivity index (χ0n) is 18.4. The van der Waals surface area contributed by atoms with Gasteiger partial charge in [-0.1, -0.05) is 54.1 Å². The first-order chi connectivity index (χ1) is 15.7. The zero-order chi connectivity index (χ0) is 23.8. The first kappa shape index (κ1) is 22.9. The number of hydrogen-bond donors (Lipinski definition) is 1. The summed E-state index contributed by atoms with van der Waals surface area (Å²) < 4.78 is 29.8. The molecule has 2 heterocycles. The molecule has 0 radical (unpaired) electrons. The third-order valence-corrected chi connectivity index (χ3v) is 7.83. The van der Waals surface area contributed by atoms with E-state index in [4.69, 9.17) is 11.6 Å². The second-order valence-electron chi connectivity index (χ2n) is 7.82. The number of H-pyrrole nitrogens is 1. The second-order valence-corrected chi connectivity index (χ2v) is 10.1. The van der Waals surface area contributed by atoms with E-state index < -0.39 is 10.0 Å². The summed E-state index contributed by atoms with van der Waals surface area (Å²) in [5.41, 5.74) is 3.65. The molecule has 0 amide bonds. The number of benzene rings is 2. The van der Waals surface area contributed by atoms with Crippen molar-refractivity contribution in [3.05, 3.63) is 111 Å². The van der Waals surface area contributed by atoms with Crippen LogP contribution in [-0.2, 0) is 16.4 Å². The van der Waals surface area contributed by atoms with Crippen molar-refractivity contribution in [2.45, 2.75) is 25.2 Å². The molecule has 0 saturated heterocycles. The van der Waals surface area contributed by atoms with E-state index in [1.165, 1.54) is 8.99 Å². The van der Waals surface area contributed by atoms with Gasteiger partial charge in [0.2, 0.25) is 0 Å². The Morgan fingerprint density at radius 1 is 1.06 bits per heavy atom. The smallest absolute Gasteiger partial charge is 0.275 e. The van der Waals surface area contributed by atoms with Crippen LogP contribution in [0.1, 0.15) is 23.7 Å². The molecular formula is C25H24ClN3O3S. The summed E-state index contributed by atoms with van der Waals surface area (Å²) in [4.78, 5) is 13.5. The Labute approximate surface area is 198 Å². The monoisotopic (exact) mass is 481 g/mol. The molecule has 33 heavy (non-hydrogen) atoms. The van der Waals surface area contributed by atoms with Gasteiger partial charge in [-0.05, 0) is 56.7 Å². The van der Waals surface area contributed by atoms with Crippen LogP contribution in [0.2, 0.25) is 5.02 Å². The van der Waals surface area contributed by atoms with E-state index in [9.17, 15) is 13.2 Å². The molecule has 4 rings (SSSR count). The highest BCUT2D eigenvalue weighted by atomic mass is 35.5. The largest absolute Gasteiger partial charge is 0.290 e. The van der Waals surface area contributed by atoms with Crippen molar-refractivity contribution >= 4 is 27.2 Å². The Bertz CT molecular complexity index is 1430. The molecule has 1 aliphatic rings. The van der Waals surface area contributed by atoms with Crippen LogP contribution in [0.15, 0.2) is 88.7 Å². The quantitative estimate of drug-likeness (QED) is 0.529. The van der Waals surface area contributed by atoms with E-state index in [2.05, 4.69) is 11.7 Å². The minimum atomic E-state index is -3.81. The molecule has 1 N–H and O–H groups in total. The fraction of sp³-hybridized carbons (Fsp3) is 0.160. The number of aryl methyl sites for hydroxylation is 1. The number of fused-ring (bicyclic) bond motifs is 1. The molecular weight excluding hydrogens is 458 g/mol. The van der Waals surface area contributed by atoms with Crippen LogP contribution >= 0.6 is 11.6 Å². The van der Waals surface area contributed by atoms with Gasteiger partial charge >= 0.3 is 0 Å². The normalized spacial score (nSPS) is 14.5. The molecule has 0 aliphatic carbocycles. The number of halogens is 1. The average molecular weight is 482 g/mol. The van der Waals surface area contributed by atoms with Crippen LogP contribution in [-0.4, -0.2) is 29.0 Å². The van der Waals surface area contributed by atoms with Crippen LogP contribution in [0.3, 0.4) is 0 Å². The van der Waals surface area contributed by atoms with Gasteiger partial charge in [-0.3, -0.25) is 14.2 Å². The van der Waals surface area contributed by atoms with E-state index in [1.807, 2.05) is 6.92 Å². The summed E-state index contributed by atoms with van der Waals surface area (Å²) in [6.45, 7) is 7.53. The SMILES string of the molecule is C=C/C=C\C1=C(C)N(S(=O)(=O)c2ccc(C)cc2)CCc2c1[nH]n(-c1ccc(Cl)cc1)c2=O. The summed E-state index contributed by atoms with van der Waals surface area (Å²) in [5.74, 6) is 0. The van der Waals surface area contributed by atoms with Gasteiger partial charge in [0.25, 0.3) is 15.6 Å². The van der Waals surface area contributed by atoms with E-state index in [-0.39, 0.29) is 23.4 Å². The third-order valence-electron chi connectivity index (χ3n) is 5.68. The first-order valence-corrected chi connectivity index (χ1v) is 12.3. The van der Waals surface area contributed by atoms with Crippen molar-refractivity contribution in [3.8, 4) is 5.69 Å². The Morgan fingerprint density at radius 2 is 1.73 bits per heavy atom. The Balaban J connectivity index is 1.88. The lowest BCUT2D eigenvalue weighted by atomic mass is 10.1. The van der Waals surface area contributed by atoms with E-state index >= 15 is 0 Å².